The van der Waals surface area contributed by atoms with Crippen LogP contribution in [0.5, 0.6) is 5.75 Å². The van der Waals surface area contributed by atoms with Crippen molar-refractivity contribution >= 4 is 0 Å². The number of hydrogen-bond donors (Lipinski definition) is 1. The monoisotopic (exact) mass is 261 g/mol. The summed E-state index contributed by atoms with van der Waals surface area (Å²) in [7, 11) is 1.65. The van der Waals surface area contributed by atoms with E-state index in [1.165, 1.54) is 0 Å². The first-order valence-electron chi connectivity index (χ1n) is 6.25. The third kappa shape index (κ3) is 3.36. The lowest BCUT2D eigenvalue weighted by atomic mass is 10.0. The third-order valence-electron chi connectivity index (χ3n) is 2.87. The van der Waals surface area contributed by atoms with Gasteiger partial charge in [-0.1, -0.05) is 18.2 Å². The van der Waals surface area contributed by atoms with Gasteiger partial charge >= 0.3 is 0 Å². The Morgan fingerprint density at radius 3 is 2.63 bits per heavy atom. The molecule has 0 aliphatic rings. The van der Waals surface area contributed by atoms with E-state index in [4.69, 9.17) is 19.6 Å². The molecule has 0 amide bonds. The molecule has 2 rings (SSSR count). The van der Waals surface area contributed by atoms with Crippen LogP contribution in [-0.2, 0) is 4.74 Å². The summed E-state index contributed by atoms with van der Waals surface area (Å²) >= 11 is 0. The van der Waals surface area contributed by atoms with Crippen LogP contribution in [-0.4, -0.2) is 20.3 Å². The maximum absolute atomic E-state index is 6.23. The van der Waals surface area contributed by atoms with Gasteiger partial charge in [-0.3, -0.25) is 0 Å². The van der Waals surface area contributed by atoms with Crippen LogP contribution >= 0.6 is 0 Å². The van der Waals surface area contributed by atoms with Gasteiger partial charge in [-0.2, -0.15) is 0 Å². The molecule has 1 aromatic heterocycles. The first-order chi connectivity index (χ1) is 9.22. The van der Waals surface area contributed by atoms with Crippen LogP contribution in [0.1, 0.15) is 23.1 Å². The molecule has 0 aliphatic heterocycles. The van der Waals surface area contributed by atoms with Crippen LogP contribution in [0.25, 0.3) is 0 Å². The molecule has 0 bridgehead atoms. The maximum atomic E-state index is 6.23. The quantitative estimate of drug-likeness (QED) is 0.812. The van der Waals surface area contributed by atoms with Crippen molar-refractivity contribution in [3.63, 3.8) is 0 Å². The standard InChI is InChI=1S/C15H19NO3/c1-11-7-8-14(19-11)15(16)12-5-3-4-6-13(12)18-10-9-17-2/h3-8,15H,9-10,16H2,1-2H3. The summed E-state index contributed by atoms with van der Waals surface area (Å²) in [5.74, 6) is 2.35. The van der Waals surface area contributed by atoms with Crippen LogP contribution in [0.2, 0.25) is 0 Å². The second kappa shape index (κ2) is 6.41. The molecule has 1 aromatic carbocycles. The van der Waals surface area contributed by atoms with Crippen LogP contribution in [0, 0.1) is 6.92 Å². The number of methoxy groups -OCH3 is 1. The Morgan fingerprint density at radius 2 is 1.95 bits per heavy atom. The van der Waals surface area contributed by atoms with Gasteiger partial charge in [-0.25, -0.2) is 0 Å². The SMILES string of the molecule is COCCOc1ccccc1C(N)c1ccc(C)o1. The zero-order valence-corrected chi connectivity index (χ0v) is 11.3. The highest BCUT2D eigenvalue weighted by atomic mass is 16.5. The zero-order chi connectivity index (χ0) is 13.7. The van der Waals surface area contributed by atoms with E-state index in [2.05, 4.69) is 0 Å². The number of furan rings is 1. The van der Waals surface area contributed by atoms with E-state index in [1.807, 2.05) is 43.3 Å². The number of para-hydroxylation sites is 1. The molecular weight excluding hydrogens is 242 g/mol. The van der Waals surface area contributed by atoms with Crippen molar-refractivity contribution in [3.05, 3.63) is 53.5 Å². The maximum Gasteiger partial charge on any atom is 0.125 e. The molecule has 19 heavy (non-hydrogen) atoms. The third-order valence-corrected chi connectivity index (χ3v) is 2.87. The van der Waals surface area contributed by atoms with E-state index in [0.717, 1.165) is 22.8 Å². The zero-order valence-electron chi connectivity index (χ0n) is 11.3. The van der Waals surface area contributed by atoms with Crippen LogP contribution < -0.4 is 10.5 Å². The molecule has 2 N–H and O–H groups in total. The average Bonchev–Trinajstić information content (AvgIpc) is 2.85. The smallest absolute Gasteiger partial charge is 0.125 e. The fourth-order valence-corrected chi connectivity index (χ4v) is 1.88. The Hall–Kier alpha value is -1.78. The fourth-order valence-electron chi connectivity index (χ4n) is 1.88. The second-order valence-corrected chi connectivity index (χ2v) is 4.31. The number of hydrogen-bond acceptors (Lipinski definition) is 4. The van der Waals surface area contributed by atoms with Gasteiger partial charge < -0.3 is 19.6 Å². The summed E-state index contributed by atoms with van der Waals surface area (Å²) in [6.07, 6.45) is 0. The lowest BCUT2D eigenvalue weighted by Crippen LogP contribution is -2.14. The van der Waals surface area contributed by atoms with E-state index >= 15 is 0 Å². The van der Waals surface area contributed by atoms with E-state index < -0.39 is 0 Å². The highest BCUT2D eigenvalue weighted by Crippen LogP contribution is 2.29. The summed E-state index contributed by atoms with van der Waals surface area (Å²) in [5.41, 5.74) is 7.14. The second-order valence-electron chi connectivity index (χ2n) is 4.31. The molecule has 102 valence electrons. The summed E-state index contributed by atoms with van der Waals surface area (Å²) in [5, 5.41) is 0. The Labute approximate surface area is 113 Å². The lowest BCUT2D eigenvalue weighted by Gasteiger charge is -2.15. The van der Waals surface area contributed by atoms with Gasteiger partial charge in [-0.15, -0.1) is 0 Å². The predicted octanol–water partition coefficient (Wildman–Crippen LogP) is 2.66. The van der Waals surface area contributed by atoms with Crippen LogP contribution in [0.15, 0.2) is 40.8 Å². The van der Waals surface area contributed by atoms with E-state index in [0.29, 0.717) is 13.2 Å². The molecule has 0 radical (unpaired) electrons. The molecule has 0 fully saturated rings. The van der Waals surface area contributed by atoms with Crippen molar-refractivity contribution in [1.82, 2.24) is 0 Å². The van der Waals surface area contributed by atoms with Crippen molar-refractivity contribution in [2.75, 3.05) is 20.3 Å². The van der Waals surface area contributed by atoms with Gasteiger partial charge in [0.05, 0.1) is 12.6 Å². The first kappa shape index (κ1) is 13.6. The Balaban J connectivity index is 2.18. The number of ether oxygens (including phenoxy) is 2. The average molecular weight is 261 g/mol. The van der Waals surface area contributed by atoms with Gasteiger partial charge in [0.15, 0.2) is 0 Å². The minimum Gasteiger partial charge on any atom is -0.491 e. The summed E-state index contributed by atoms with van der Waals surface area (Å²) < 4.78 is 16.2. The molecule has 1 atom stereocenters. The van der Waals surface area contributed by atoms with E-state index in [-0.39, 0.29) is 6.04 Å². The summed E-state index contributed by atoms with van der Waals surface area (Å²) in [4.78, 5) is 0. The minimum atomic E-state index is -0.326. The van der Waals surface area contributed by atoms with Gasteiger partial charge in [0.25, 0.3) is 0 Å². The topological polar surface area (TPSA) is 57.6 Å². The highest BCUT2D eigenvalue weighted by Gasteiger charge is 2.16. The molecular formula is C15H19NO3. The van der Waals surface area contributed by atoms with Crippen molar-refractivity contribution in [3.8, 4) is 5.75 Å². The number of rotatable bonds is 6. The van der Waals surface area contributed by atoms with Gasteiger partial charge in [0, 0.05) is 12.7 Å². The summed E-state index contributed by atoms with van der Waals surface area (Å²) in [6, 6.07) is 11.2. The van der Waals surface area contributed by atoms with Crippen LogP contribution in [0.3, 0.4) is 0 Å². The normalized spacial score (nSPS) is 12.4. The molecule has 0 saturated heterocycles. The Morgan fingerprint density at radius 1 is 1.16 bits per heavy atom. The van der Waals surface area contributed by atoms with E-state index in [1.54, 1.807) is 7.11 Å². The molecule has 0 saturated carbocycles. The Bertz CT molecular complexity index is 522. The highest BCUT2D eigenvalue weighted by molar-refractivity contribution is 5.39. The minimum absolute atomic E-state index is 0.326. The van der Waals surface area contributed by atoms with Crippen molar-refractivity contribution in [2.45, 2.75) is 13.0 Å². The van der Waals surface area contributed by atoms with E-state index in [9.17, 15) is 0 Å². The molecule has 0 spiro atoms. The summed E-state index contributed by atoms with van der Waals surface area (Å²) in [6.45, 7) is 2.94. The largest absolute Gasteiger partial charge is 0.491 e. The van der Waals surface area contributed by atoms with Crippen molar-refractivity contribution in [1.29, 1.82) is 0 Å². The number of benzene rings is 1. The van der Waals surface area contributed by atoms with Crippen LogP contribution in [0.4, 0.5) is 0 Å². The Kier molecular flexibility index (Phi) is 4.60. The fraction of sp³-hybridized carbons (Fsp3) is 0.333. The van der Waals surface area contributed by atoms with Gasteiger partial charge in [0.2, 0.25) is 0 Å². The van der Waals surface area contributed by atoms with Crippen molar-refractivity contribution in [2.24, 2.45) is 5.73 Å². The number of aryl methyl sites for hydroxylation is 1. The molecule has 1 unspecified atom stereocenters. The van der Waals surface area contributed by atoms with Crippen molar-refractivity contribution < 1.29 is 13.9 Å². The molecule has 1 heterocycles. The van der Waals surface area contributed by atoms with Gasteiger partial charge in [0.1, 0.15) is 23.9 Å². The molecule has 4 nitrogen and oxygen atoms in total. The molecule has 0 aliphatic carbocycles. The molecule has 4 heteroatoms. The number of nitrogens with two attached hydrogens (primary N) is 1. The predicted molar refractivity (Wildman–Crippen MR) is 73.3 cm³/mol. The lowest BCUT2D eigenvalue weighted by molar-refractivity contribution is 0.145. The molecule has 2 aromatic rings. The van der Waals surface area contributed by atoms with Gasteiger partial charge in [-0.05, 0) is 25.1 Å². The first-order valence-corrected chi connectivity index (χ1v) is 6.25.